The fraction of sp³-hybridized carbons (Fsp3) is 0.417. The molecule has 0 fully saturated rings. The van der Waals surface area contributed by atoms with E-state index in [2.05, 4.69) is 26.6 Å². The normalized spacial score (nSPS) is 12.4. The van der Waals surface area contributed by atoms with Crippen molar-refractivity contribution in [2.24, 2.45) is 0 Å². The first kappa shape index (κ1) is 20.3. The van der Waals surface area contributed by atoms with Crippen LogP contribution in [0.25, 0.3) is 0 Å². The van der Waals surface area contributed by atoms with Crippen molar-refractivity contribution in [3.63, 3.8) is 0 Å². The molecule has 0 aliphatic heterocycles. The average Bonchev–Trinajstić information content (AvgIpc) is 2.36. The van der Waals surface area contributed by atoms with E-state index in [1.54, 1.807) is 7.05 Å². The highest BCUT2D eigenvalue weighted by Crippen LogP contribution is 2.24. The molecule has 9 heteroatoms. The van der Waals surface area contributed by atoms with Crippen molar-refractivity contribution in [3.05, 3.63) is 28.0 Å². The van der Waals surface area contributed by atoms with Gasteiger partial charge in [-0.25, -0.2) is 12.8 Å². The van der Waals surface area contributed by atoms with Crippen LogP contribution in [0.3, 0.4) is 0 Å². The summed E-state index contributed by atoms with van der Waals surface area (Å²) in [5.74, 6) is -1.69. The Bertz CT molecular complexity index is 625. The van der Waals surface area contributed by atoms with E-state index < -0.39 is 26.5 Å². The molecule has 1 aromatic carbocycles. The summed E-state index contributed by atoms with van der Waals surface area (Å²) in [5.41, 5.74) is -0.303. The number of rotatable bonds is 5. The van der Waals surface area contributed by atoms with Crippen LogP contribution < -0.4 is 10.6 Å². The van der Waals surface area contributed by atoms with Gasteiger partial charge in [-0.05, 0) is 26.1 Å². The summed E-state index contributed by atoms with van der Waals surface area (Å²) in [7, 11) is -2.01. The number of nitrogens with one attached hydrogen (secondary N) is 2. The van der Waals surface area contributed by atoms with Crippen molar-refractivity contribution in [2.45, 2.75) is 17.9 Å². The molecule has 1 rings (SSSR count). The number of hydrogen-bond donors (Lipinski definition) is 2. The van der Waals surface area contributed by atoms with Gasteiger partial charge in [0, 0.05) is 23.3 Å². The molecule has 0 aliphatic rings. The van der Waals surface area contributed by atoms with Crippen LogP contribution in [0, 0.1) is 5.82 Å². The van der Waals surface area contributed by atoms with Crippen LogP contribution in [0.4, 0.5) is 4.39 Å². The molecule has 0 radical (unpaired) electrons. The second-order valence-corrected chi connectivity index (χ2v) is 7.34. The lowest BCUT2D eigenvalue weighted by atomic mass is 10.2. The Hall–Kier alpha value is -0.700. The van der Waals surface area contributed by atoms with E-state index in [9.17, 15) is 17.6 Å². The molecule has 21 heavy (non-hydrogen) atoms. The molecule has 0 saturated heterocycles. The van der Waals surface area contributed by atoms with Gasteiger partial charge in [0.1, 0.15) is 4.90 Å². The molecule has 0 heterocycles. The van der Waals surface area contributed by atoms with E-state index in [4.69, 9.17) is 0 Å². The van der Waals surface area contributed by atoms with Gasteiger partial charge in [0.2, 0.25) is 0 Å². The molecule has 2 N–H and O–H groups in total. The third kappa shape index (κ3) is 5.54. The Morgan fingerprint density at radius 2 is 2.00 bits per heavy atom. The highest BCUT2D eigenvalue weighted by atomic mass is 79.9. The molecule has 1 atom stereocenters. The van der Waals surface area contributed by atoms with Crippen LogP contribution >= 0.6 is 28.3 Å². The third-order valence-electron chi connectivity index (χ3n) is 2.71. The molecule has 1 aromatic rings. The topological polar surface area (TPSA) is 75.3 Å². The fourth-order valence-corrected chi connectivity index (χ4v) is 2.83. The maximum absolute atomic E-state index is 14.1. The standard InChI is InChI=1S/C12H16BrFN2O3S.ClH/c1-7(15-2)6-16-12(17)9-4-8(13)5-10(11(9)14)20(3,18)19;/h4-5,7,15H,6H2,1-3H3,(H,16,17);1H. The van der Waals surface area contributed by atoms with E-state index in [0.29, 0.717) is 11.0 Å². The fourth-order valence-electron chi connectivity index (χ4n) is 1.44. The molecular weight excluding hydrogens is 387 g/mol. The van der Waals surface area contributed by atoms with Gasteiger partial charge < -0.3 is 10.6 Å². The Labute approximate surface area is 138 Å². The van der Waals surface area contributed by atoms with Crippen molar-refractivity contribution in [2.75, 3.05) is 19.8 Å². The molecule has 0 aliphatic carbocycles. The van der Waals surface area contributed by atoms with Crippen molar-refractivity contribution in [1.82, 2.24) is 10.6 Å². The van der Waals surface area contributed by atoms with Gasteiger partial charge in [0.15, 0.2) is 15.7 Å². The minimum absolute atomic E-state index is 0. The summed E-state index contributed by atoms with van der Waals surface area (Å²) in [6, 6.07) is 2.41. The number of amides is 1. The first-order valence-electron chi connectivity index (χ1n) is 5.81. The maximum Gasteiger partial charge on any atom is 0.254 e. The molecule has 0 aromatic heterocycles. The minimum atomic E-state index is -3.75. The van der Waals surface area contributed by atoms with E-state index in [1.165, 1.54) is 6.07 Å². The van der Waals surface area contributed by atoms with Gasteiger partial charge in [-0.3, -0.25) is 4.79 Å². The smallest absolute Gasteiger partial charge is 0.254 e. The molecular formula is C12H17BrClFN2O3S. The predicted octanol–water partition coefficient (Wildman–Crippen LogP) is 1.75. The molecule has 5 nitrogen and oxygen atoms in total. The van der Waals surface area contributed by atoms with Crippen LogP contribution in [-0.2, 0) is 9.84 Å². The van der Waals surface area contributed by atoms with E-state index in [-0.39, 0.29) is 24.0 Å². The first-order chi connectivity index (χ1) is 9.16. The number of likely N-dealkylation sites (N-methyl/N-ethyl adjacent to an activating group) is 1. The Balaban J connectivity index is 0.00000400. The summed E-state index contributed by atoms with van der Waals surface area (Å²) >= 11 is 3.08. The number of hydrogen-bond acceptors (Lipinski definition) is 4. The van der Waals surface area contributed by atoms with E-state index in [0.717, 1.165) is 12.3 Å². The first-order valence-corrected chi connectivity index (χ1v) is 8.49. The highest BCUT2D eigenvalue weighted by Gasteiger charge is 2.22. The molecule has 120 valence electrons. The van der Waals surface area contributed by atoms with E-state index in [1.807, 2.05) is 6.92 Å². The van der Waals surface area contributed by atoms with Crippen molar-refractivity contribution in [1.29, 1.82) is 0 Å². The van der Waals surface area contributed by atoms with Gasteiger partial charge in [0.05, 0.1) is 5.56 Å². The van der Waals surface area contributed by atoms with Crippen LogP contribution in [0.15, 0.2) is 21.5 Å². The lowest BCUT2D eigenvalue weighted by Gasteiger charge is -2.13. The lowest BCUT2D eigenvalue weighted by molar-refractivity contribution is 0.0946. The quantitative estimate of drug-likeness (QED) is 0.785. The summed E-state index contributed by atoms with van der Waals surface area (Å²) in [4.78, 5) is 11.4. The van der Waals surface area contributed by atoms with Gasteiger partial charge in [-0.15, -0.1) is 12.4 Å². The molecule has 1 amide bonds. The van der Waals surface area contributed by atoms with Gasteiger partial charge in [-0.1, -0.05) is 15.9 Å². The minimum Gasteiger partial charge on any atom is -0.350 e. The number of benzene rings is 1. The van der Waals surface area contributed by atoms with Gasteiger partial charge in [0.25, 0.3) is 5.91 Å². The van der Waals surface area contributed by atoms with Crippen LogP contribution in [0.1, 0.15) is 17.3 Å². The number of halogens is 3. The summed E-state index contributed by atoms with van der Waals surface area (Å²) < 4.78 is 37.4. The predicted molar refractivity (Wildman–Crippen MR) is 85.3 cm³/mol. The van der Waals surface area contributed by atoms with Crippen molar-refractivity contribution >= 4 is 44.1 Å². The van der Waals surface area contributed by atoms with Crippen LogP contribution in [-0.4, -0.2) is 40.2 Å². The lowest BCUT2D eigenvalue weighted by Crippen LogP contribution is -2.37. The van der Waals surface area contributed by atoms with Crippen molar-refractivity contribution < 1.29 is 17.6 Å². The molecule has 1 unspecified atom stereocenters. The van der Waals surface area contributed by atoms with E-state index >= 15 is 0 Å². The summed E-state index contributed by atoms with van der Waals surface area (Å²) in [5, 5.41) is 5.46. The zero-order valence-corrected chi connectivity index (χ0v) is 15.0. The molecule has 0 bridgehead atoms. The largest absolute Gasteiger partial charge is 0.350 e. The SMILES string of the molecule is CNC(C)CNC(=O)c1cc(Br)cc(S(C)(=O)=O)c1F.Cl. The number of carbonyl (C=O) groups is 1. The Kier molecular flexibility index (Phi) is 7.80. The van der Waals surface area contributed by atoms with Crippen LogP contribution in [0.2, 0.25) is 0 Å². The average molecular weight is 404 g/mol. The number of sulfone groups is 1. The van der Waals surface area contributed by atoms with Gasteiger partial charge >= 0.3 is 0 Å². The Morgan fingerprint density at radius 1 is 1.43 bits per heavy atom. The third-order valence-corrected chi connectivity index (χ3v) is 4.26. The second kappa shape index (κ2) is 8.07. The molecule has 0 saturated carbocycles. The zero-order chi connectivity index (χ0) is 15.5. The highest BCUT2D eigenvalue weighted by molar-refractivity contribution is 9.10. The zero-order valence-electron chi connectivity index (χ0n) is 11.7. The maximum atomic E-state index is 14.1. The van der Waals surface area contributed by atoms with Crippen molar-refractivity contribution in [3.8, 4) is 0 Å². The second-order valence-electron chi connectivity index (χ2n) is 4.44. The summed E-state index contributed by atoms with van der Waals surface area (Å²) in [6.07, 6.45) is 0.891. The summed E-state index contributed by atoms with van der Waals surface area (Å²) in [6.45, 7) is 2.15. The van der Waals surface area contributed by atoms with Gasteiger partial charge in [-0.2, -0.15) is 0 Å². The molecule has 0 spiro atoms. The monoisotopic (exact) mass is 402 g/mol. The Morgan fingerprint density at radius 3 is 2.48 bits per heavy atom. The van der Waals surface area contributed by atoms with Crippen LogP contribution in [0.5, 0.6) is 0 Å². The number of carbonyl (C=O) groups excluding carboxylic acids is 1.